The number of hydrogen-bond acceptors (Lipinski definition) is 4. The highest BCUT2D eigenvalue weighted by Crippen LogP contribution is 2.37. The molecule has 2 aliphatic rings. The Kier molecular flexibility index (Phi) is 5.20. The molecule has 0 bridgehead atoms. The van der Waals surface area contributed by atoms with E-state index in [1.54, 1.807) is 11.3 Å². The molecule has 3 atom stereocenters. The van der Waals surface area contributed by atoms with Crippen molar-refractivity contribution in [2.45, 2.75) is 51.5 Å². The largest absolute Gasteiger partial charge is 0.342 e. The fraction of sp³-hybridized carbons (Fsp3) is 0.750. The Hall–Kier alpha value is -0.650. The van der Waals surface area contributed by atoms with E-state index < -0.39 is 0 Å². The fourth-order valence-electron chi connectivity index (χ4n) is 3.51. The lowest BCUT2D eigenvalue weighted by Crippen LogP contribution is -2.34. The highest BCUT2D eigenvalue weighted by molar-refractivity contribution is 7.09. The minimum atomic E-state index is 0. The molecule has 2 fully saturated rings. The van der Waals surface area contributed by atoms with Gasteiger partial charge in [0, 0.05) is 29.9 Å². The maximum absolute atomic E-state index is 12.5. The van der Waals surface area contributed by atoms with E-state index in [4.69, 9.17) is 5.73 Å². The number of carbonyl (C=O) groups excluding carboxylic acids is 1. The number of amides is 1. The molecule has 1 saturated heterocycles. The van der Waals surface area contributed by atoms with E-state index in [1.807, 2.05) is 10.3 Å². The van der Waals surface area contributed by atoms with E-state index in [1.165, 1.54) is 6.42 Å². The zero-order valence-corrected chi connectivity index (χ0v) is 15.2. The van der Waals surface area contributed by atoms with Crippen molar-refractivity contribution in [2.75, 3.05) is 13.1 Å². The SMILES string of the molecule is CC(C)(C)c1nc(CC(=O)N2CC3CCC(N)C3C2)cs1.Cl. The average Bonchev–Trinajstić information content (AvgIpc) is 3.06. The molecule has 1 saturated carbocycles. The number of hydrogen-bond donors (Lipinski definition) is 1. The van der Waals surface area contributed by atoms with Gasteiger partial charge in [-0.25, -0.2) is 4.98 Å². The van der Waals surface area contributed by atoms with Gasteiger partial charge in [0.25, 0.3) is 0 Å². The molecule has 2 N–H and O–H groups in total. The van der Waals surface area contributed by atoms with Crippen molar-refractivity contribution in [1.82, 2.24) is 9.88 Å². The maximum Gasteiger partial charge on any atom is 0.228 e. The summed E-state index contributed by atoms with van der Waals surface area (Å²) in [4.78, 5) is 19.1. The summed E-state index contributed by atoms with van der Waals surface area (Å²) in [6, 6.07) is 0.291. The minimum absolute atomic E-state index is 0. The number of rotatable bonds is 2. The molecule has 2 heterocycles. The lowest BCUT2D eigenvalue weighted by atomic mass is 9.98. The summed E-state index contributed by atoms with van der Waals surface area (Å²) in [5.41, 5.74) is 7.11. The van der Waals surface area contributed by atoms with Crippen LogP contribution in [0.4, 0.5) is 0 Å². The zero-order chi connectivity index (χ0) is 15.2. The monoisotopic (exact) mass is 343 g/mol. The Labute approximate surface area is 142 Å². The van der Waals surface area contributed by atoms with Crippen LogP contribution in [0.1, 0.15) is 44.3 Å². The molecule has 1 aromatic rings. The Morgan fingerprint density at radius 2 is 2.14 bits per heavy atom. The van der Waals surface area contributed by atoms with Crippen LogP contribution in [0.25, 0.3) is 0 Å². The molecule has 0 aromatic carbocycles. The zero-order valence-electron chi connectivity index (χ0n) is 13.5. The van der Waals surface area contributed by atoms with Gasteiger partial charge >= 0.3 is 0 Å². The van der Waals surface area contributed by atoms with Crippen molar-refractivity contribution < 1.29 is 4.79 Å². The number of halogens is 1. The van der Waals surface area contributed by atoms with Crippen LogP contribution in [0.2, 0.25) is 0 Å². The number of fused-ring (bicyclic) bond motifs is 1. The van der Waals surface area contributed by atoms with Gasteiger partial charge in [-0.05, 0) is 24.7 Å². The number of aromatic nitrogens is 1. The first-order valence-electron chi connectivity index (χ1n) is 7.83. The number of thiazole rings is 1. The van der Waals surface area contributed by atoms with Crippen molar-refractivity contribution in [3.05, 3.63) is 16.1 Å². The summed E-state index contributed by atoms with van der Waals surface area (Å²) in [5, 5.41) is 3.13. The topological polar surface area (TPSA) is 59.2 Å². The lowest BCUT2D eigenvalue weighted by Gasteiger charge is -2.18. The fourth-order valence-corrected chi connectivity index (χ4v) is 4.42. The summed E-state index contributed by atoms with van der Waals surface area (Å²) in [6.07, 6.45) is 2.74. The predicted octanol–water partition coefficient (Wildman–Crippen LogP) is 2.60. The van der Waals surface area contributed by atoms with Crippen molar-refractivity contribution in [1.29, 1.82) is 0 Å². The van der Waals surface area contributed by atoms with Crippen LogP contribution < -0.4 is 5.73 Å². The number of nitrogens with zero attached hydrogens (tertiary/aromatic N) is 2. The summed E-state index contributed by atoms with van der Waals surface area (Å²) in [7, 11) is 0. The summed E-state index contributed by atoms with van der Waals surface area (Å²) in [6.45, 7) is 8.20. The van der Waals surface area contributed by atoms with Crippen molar-refractivity contribution in [3.8, 4) is 0 Å². The number of carbonyl (C=O) groups is 1. The van der Waals surface area contributed by atoms with E-state index in [0.717, 1.165) is 30.2 Å². The molecule has 0 spiro atoms. The molecule has 3 rings (SSSR count). The highest BCUT2D eigenvalue weighted by Gasteiger charge is 2.42. The molecule has 4 nitrogen and oxygen atoms in total. The summed E-state index contributed by atoms with van der Waals surface area (Å²) in [5.74, 6) is 1.36. The normalized spacial score (nSPS) is 27.6. The summed E-state index contributed by atoms with van der Waals surface area (Å²) >= 11 is 1.66. The van der Waals surface area contributed by atoms with Gasteiger partial charge in [0.05, 0.1) is 17.1 Å². The second-order valence-corrected chi connectivity index (χ2v) is 8.39. The molecule has 3 unspecified atom stereocenters. The standard InChI is InChI=1S/C16H25N3OS.ClH/c1-16(2,3)15-18-11(9-21-15)6-14(20)19-7-10-4-5-13(17)12(10)8-19;/h9-10,12-13H,4-8,17H2,1-3H3;1H. The molecule has 6 heteroatoms. The molecule has 124 valence electrons. The van der Waals surface area contributed by atoms with E-state index in [9.17, 15) is 4.79 Å². The molecule has 0 radical (unpaired) electrons. The Balaban J connectivity index is 0.00000176. The van der Waals surface area contributed by atoms with Crippen molar-refractivity contribution >= 4 is 29.7 Å². The van der Waals surface area contributed by atoms with Gasteiger partial charge in [-0.15, -0.1) is 23.7 Å². The van der Waals surface area contributed by atoms with Crippen LogP contribution in [-0.4, -0.2) is 34.9 Å². The van der Waals surface area contributed by atoms with Crippen LogP contribution in [0.3, 0.4) is 0 Å². The Bertz CT molecular complexity index is 540. The third kappa shape index (κ3) is 3.47. The van der Waals surface area contributed by atoms with Crippen molar-refractivity contribution in [2.24, 2.45) is 17.6 Å². The second kappa shape index (κ2) is 6.46. The van der Waals surface area contributed by atoms with E-state index in [2.05, 4.69) is 25.8 Å². The third-order valence-electron chi connectivity index (χ3n) is 4.79. The van der Waals surface area contributed by atoms with Gasteiger partial charge < -0.3 is 10.6 Å². The predicted molar refractivity (Wildman–Crippen MR) is 92.5 cm³/mol. The number of nitrogens with two attached hydrogens (primary N) is 1. The van der Waals surface area contributed by atoms with Crippen LogP contribution in [0.5, 0.6) is 0 Å². The quantitative estimate of drug-likeness (QED) is 0.897. The molecular formula is C16H26ClN3OS. The minimum Gasteiger partial charge on any atom is -0.342 e. The first kappa shape index (κ1) is 17.7. The Morgan fingerprint density at radius 1 is 1.41 bits per heavy atom. The smallest absolute Gasteiger partial charge is 0.228 e. The molecular weight excluding hydrogens is 318 g/mol. The van der Waals surface area contributed by atoms with E-state index in [-0.39, 0.29) is 23.7 Å². The van der Waals surface area contributed by atoms with Gasteiger partial charge in [0.15, 0.2) is 0 Å². The van der Waals surface area contributed by atoms with Gasteiger partial charge in [0.1, 0.15) is 0 Å². The molecule has 1 amide bonds. The van der Waals surface area contributed by atoms with Crippen LogP contribution in [-0.2, 0) is 16.6 Å². The number of likely N-dealkylation sites (tertiary alicyclic amines) is 1. The first-order chi connectivity index (χ1) is 9.84. The van der Waals surface area contributed by atoms with Crippen LogP contribution in [0, 0.1) is 11.8 Å². The molecule has 1 aliphatic heterocycles. The van der Waals surface area contributed by atoms with E-state index >= 15 is 0 Å². The lowest BCUT2D eigenvalue weighted by molar-refractivity contribution is -0.129. The molecule has 1 aromatic heterocycles. The van der Waals surface area contributed by atoms with Gasteiger partial charge in [0.2, 0.25) is 5.91 Å². The van der Waals surface area contributed by atoms with Gasteiger partial charge in [-0.2, -0.15) is 0 Å². The molecule has 1 aliphatic carbocycles. The van der Waals surface area contributed by atoms with Crippen LogP contribution >= 0.6 is 23.7 Å². The van der Waals surface area contributed by atoms with Gasteiger partial charge in [-0.1, -0.05) is 20.8 Å². The van der Waals surface area contributed by atoms with Gasteiger partial charge in [-0.3, -0.25) is 4.79 Å². The average molecular weight is 344 g/mol. The van der Waals surface area contributed by atoms with Crippen molar-refractivity contribution in [3.63, 3.8) is 0 Å². The van der Waals surface area contributed by atoms with Crippen LogP contribution in [0.15, 0.2) is 5.38 Å². The molecule has 22 heavy (non-hydrogen) atoms. The third-order valence-corrected chi connectivity index (χ3v) is 6.11. The maximum atomic E-state index is 12.5. The second-order valence-electron chi connectivity index (χ2n) is 7.53. The summed E-state index contributed by atoms with van der Waals surface area (Å²) < 4.78 is 0. The van der Waals surface area contributed by atoms with E-state index in [0.29, 0.717) is 24.3 Å². The highest BCUT2D eigenvalue weighted by atomic mass is 35.5. The first-order valence-corrected chi connectivity index (χ1v) is 8.71. The Morgan fingerprint density at radius 3 is 2.73 bits per heavy atom.